The van der Waals surface area contributed by atoms with E-state index in [0.717, 1.165) is 20.9 Å². The molecular formula is C16H19NO2S. The maximum absolute atomic E-state index is 11.9. The molecule has 0 aliphatic carbocycles. The number of methoxy groups -OCH3 is 1. The first-order valence-electron chi connectivity index (χ1n) is 6.47. The number of carbonyl (C=O) groups is 1. The quantitative estimate of drug-likeness (QED) is 0.856. The summed E-state index contributed by atoms with van der Waals surface area (Å²) in [5.74, 6) is 0.0471. The molecule has 0 radical (unpaired) electrons. The summed E-state index contributed by atoms with van der Waals surface area (Å²) in [6.45, 7) is 2.02. The average Bonchev–Trinajstić information content (AvgIpc) is 2.95. The number of carbonyl (C=O) groups excluding carboxylic acids is 1. The van der Waals surface area contributed by atoms with Gasteiger partial charge in [0.1, 0.15) is 0 Å². The standard InChI is InChI=1S/C16H19NO2S/c1-11(19-4)12-5-7-13(8-6-12)14-9-10-15(20-14)16(18)17(2)3/h5-11H,1-4H3/t11-/m0/s1. The van der Waals surface area contributed by atoms with Crippen LogP contribution in [0.3, 0.4) is 0 Å². The van der Waals surface area contributed by atoms with Gasteiger partial charge in [0.2, 0.25) is 0 Å². The van der Waals surface area contributed by atoms with Crippen molar-refractivity contribution in [1.29, 1.82) is 0 Å². The molecule has 0 unspecified atom stereocenters. The topological polar surface area (TPSA) is 29.5 Å². The van der Waals surface area contributed by atoms with Crippen LogP contribution >= 0.6 is 11.3 Å². The molecule has 0 aliphatic rings. The van der Waals surface area contributed by atoms with Crippen LogP contribution in [0.5, 0.6) is 0 Å². The van der Waals surface area contributed by atoms with Crippen molar-refractivity contribution in [2.24, 2.45) is 0 Å². The lowest BCUT2D eigenvalue weighted by Crippen LogP contribution is -2.20. The van der Waals surface area contributed by atoms with Gasteiger partial charge in [-0.3, -0.25) is 4.79 Å². The Morgan fingerprint density at radius 3 is 2.35 bits per heavy atom. The van der Waals surface area contributed by atoms with Crippen LogP contribution in [0.25, 0.3) is 10.4 Å². The van der Waals surface area contributed by atoms with Crippen molar-refractivity contribution in [3.05, 3.63) is 46.8 Å². The highest BCUT2D eigenvalue weighted by Gasteiger charge is 2.12. The summed E-state index contributed by atoms with van der Waals surface area (Å²) in [5.41, 5.74) is 2.28. The molecule has 1 amide bonds. The summed E-state index contributed by atoms with van der Waals surface area (Å²) in [5, 5.41) is 0. The van der Waals surface area contributed by atoms with E-state index >= 15 is 0 Å². The fraction of sp³-hybridized carbons (Fsp3) is 0.312. The zero-order chi connectivity index (χ0) is 14.7. The van der Waals surface area contributed by atoms with Gasteiger partial charge >= 0.3 is 0 Å². The summed E-state index contributed by atoms with van der Waals surface area (Å²) < 4.78 is 5.30. The Morgan fingerprint density at radius 2 is 1.80 bits per heavy atom. The summed E-state index contributed by atoms with van der Waals surface area (Å²) in [6, 6.07) is 12.2. The molecule has 4 heteroatoms. The molecule has 0 spiro atoms. The predicted molar refractivity (Wildman–Crippen MR) is 83.2 cm³/mol. The lowest BCUT2D eigenvalue weighted by Gasteiger charge is -2.10. The van der Waals surface area contributed by atoms with Crippen molar-refractivity contribution in [3.8, 4) is 10.4 Å². The highest BCUT2D eigenvalue weighted by atomic mass is 32.1. The molecule has 0 aliphatic heterocycles. The fourth-order valence-corrected chi connectivity index (χ4v) is 2.92. The van der Waals surface area contributed by atoms with E-state index in [4.69, 9.17) is 4.74 Å². The van der Waals surface area contributed by atoms with Crippen molar-refractivity contribution >= 4 is 17.2 Å². The highest BCUT2D eigenvalue weighted by molar-refractivity contribution is 7.17. The largest absolute Gasteiger partial charge is 0.377 e. The summed E-state index contributed by atoms with van der Waals surface area (Å²) in [6.07, 6.45) is 0.0956. The molecule has 106 valence electrons. The van der Waals surface area contributed by atoms with Crippen molar-refractivity contribution in [2.45, 2.75) is 13.0 Å². The number of thiophene rings is 1. The molecule has 20 heavy (non-hydrogen) atoms. The third-order valence-electron chi connectivity index (χ3n) is 3.24. The summed E-state index contributed by atoms with van der Waals surface area (Å²) >= 11 is 1.52. The van der Waals surface area contributed by atoms with Gasteiger partial charge in [-0.2, -0.15) is 0 Å². The maximum atomic E-state index is 11.9. The van der Waals surface area contributed by atoms with Gasteiger partial charge < -0.3 is 9.64 Å². The van der Waals surface area contributed by atoms with Crippen molar-refractivity contribution < 1.29 is 9.53 Å². The first-order chi connectivity index (χ1) is 9.52. The predicted octanol–water partition coefficient (Wildman–Crippen LogP) is 3.82. The van der Waals surface area contributed by atoms with Crippen LogP contribution in [-0.2, 0) is 4.74 Å². The van der Waals surface area contributed by atoms with Crippen molar-refractivity contribution in [2.75, 3.05) is 21.2 Å². The van der Waals surface area contributed by atoms with E-state index in [0.29, 0.717) is 0 Å². The maximum Gasteiger partial charge on any atom is 0.263 e. The Hall–Kier alpha value is -1.65. The molecule has 0 fully saturated rings. The van der Waals surface area contributed by atoms with E-state index in [1.165, 1.54) is 11.3 Å². The average molecular weight is 289 g/mol. The Bertz CT molecular complexity index is 587. The third kappa shape index (κ3) is 3.08. The van der Waals surface area contributed by atoms with E-state index in [-0.39, 0.29) is 12.0 Å². The molecule has 1 aromatic heterocycles. The van der Waals surface area contributed by atoms with Gasteiger partial charge in [-0.1, -0.05) is 24.3 Å². The molecule has 2 rings (SSSR count). The minimum absolute atomic E-state index is 0.0471. The lowest BCUT2D eigenvalue weighted by atomic mass is 10.1. The monoisotopic (exact) mass is 289 g/mol. The van der Waals surface area contributed by atoms with E-state index in [2.05, 4.69) is 24.3 Å². The number of nitrogens with zero attached hydrogens (tertiary/aromatic N) is 1. The van der Waals surface area contributed by atoms with Gasteiger partial charge in [0, 0.05) is 26.1 Å². The Balaban J connectivity index is 2.22. The van der Waals surface area contributed by atoms with Gasteiger partial charge in [-0.25, -0.2) is 0 Å². The van der Waals surface area contributed by atoms with Gasteiger partial charge in [0.25, 0.3) is 5.91 Å². The summed E-state index contributed by atoms with van der Waals surface area (Å²) in [7, 11) is 5.24. The Kier molecular flexibility index (Phi) is 4.57. The zero-order valence-corrected chi connectivity index (χ0v) is 13.0. The molecule has 1 atom stereocenters. The smallest absolute Gasteiger partial charge is 0.263 e. The molecular weight excluding hydrogens is 270 g/mol. The van der Waals surface area contributed by atoms with Crippen LogP contribution in [0.2, 0.25) is 0 Å². The minimum Gasteiger partial charge on any atom is -0.377 e. The molecule has 3 nitrogen and oxygen atoms in total. The van der Waals surface area contributed by atoms with Gasteiger partial charge in [-0.15, -0.1) is 11.3 Å². The Morgan fingerprint density at radius 1 is 1.15 bits per heavy atom. The second kappa shape index (κ2) is 6.20. The third-order valence-corrected chi connectivity index (χ3v) is 4.36. The number of hydrogen-bond acceptors (Lipinski definition) is 3. The van der Waals surface area contributed by atoms with Crippen LogP contribution in [0.15, 0.2) is 36.4 Å². The fourth-order valence-electron chi connectivity index (χ4n) is 1.88. The number of benzene rings is 1. The lowest BCUT2D eigenvalue weighted by molar-refractivity contribution is 0.0832. The number of rotatable bonds is 4. The number of ether oxygens (including phenoxy) is 1. The zero-order valence-electron chi connectivity index (χ0n) is 12.2. The second-order valence-corrected chi connectivity index (χ2v) is 5.95. The van der Waals surface area contributed by atoms with Crippen LogP contribution < -0.4 is 0 Å². The van der Waals surface area contributed by atoms with Crippen LogP contribution in [0.1, 0.15) is 28.3 Å². The normalized spacial score (nSPS) is 12.2. The van der Waals surface area contributed by atoms with Gasteiger partial charge in [0.15, 0.2) is 0 Å². The van der Waals surface area contributed by atoms with E-state index in [1.54, 1.807) is 26.1 Å². The SMILES string of the molecule is CO[C@@H](C)c1ccc(-c2ccc(C(=O)N(C)C)s2)cc1. The van der Waals surface area contributed by atoms with E-state index < -0.39 is 0 Å². The van der Waals surface area contributed by atoms with Gasteiger partial charge in [-0.05, 0) is 30.2 Å². The number of hydrogen-bond donors (Lipinski definition) is 0. The van der Waals surface area contributed by atoms with E-state index in [9.17, 15) is 4.79 Å². The minimum atomic E-state index is 0.0471. The number of amides is 1. The molecule has 0 bridgehead atoms. The molecule has 1 heterocycles. The first-order valence-corrected chi connectivity index (χ1v) is 7.29. The Labute approximate surface area is 123 Å². The molecule has 0 saturated heterocycles. The van der Waals surface area contributed by atoms with Crippen LogP contribution in [-0.4, -0.2) is 32.0 Å². The molecule has 1 aromatic carbocycles. The van der Waals surface area contributed by atoms with Crippen LogP contribution in [0.4, 0.5) is 0 Å². The second-order valence-electron chi connectivity index (χ2n) is 4.86. The van der Waals surface area contributed by atoms with E-state index in [1.807, 2.05) is 19.1 Å². The van der Waals surface area contributed by atoms with Gasteiger partial charge in [0.05, 0.1) is 11.0 Å². The molecule has 0 N–H and O–H groups in total. The highest BCUT2D eigenvalue weighted by Crippen LogP contribution is 2.29. The van der Waals surface area contributed by atoms with Crippen molar-refractivity contribution in [3.63, 3.8) is 0 Å². The van der Waals surface area contributed by atoms with Crippen molar-refractivity contribution in [1.82, 2.24) is 4.90 Å². The molecule has 2 aromatic rings. The summed E-state index contributed by atoms with van der Waals surface area (Å²) in [4.78, 5) is 15.4. The van der Waals surface area contributed by atoms with Crippen LogP contribution in [0, 0.1) is 0 Å². The first kappa shape index (κ1) is 14.8. The molecule has 0 saturated carbocycles.